The highest BCUT2D eigenvalue weighted by Gasteiger charge is 2.28. The van der Waals surface area contributed by atoms with Gasteiger partial charge in [-0.25, -0.2) is 17.6 Å². The molecule has 1 aliphatic rings. The first-order valence-electron chi connectivity index (χ1n) is 8.92. The fourth-order valence-electron chi connectivity index (χ4n) is 3.51. The van der Waals surface area contributed by atoms with Crippen LogP contribution >= 0.6 is 0 Å². The number of halogens is 4. The van der Waals surface area contributed by atoms with E-state index in [2.05, 4.69) is 4.90 Å². The van der Waals surface area contributed by atoms with Gasteiger partial charge in [-0.3, -0.25) is 9.80 Å². The number of piperazine rings is 1. The fraction of sp³-hybridized carbons (Fsp3) is 0.400. The molecule has 1 saturated heterocycles. The lowest BCUT2D eigenvalue weighted by Crippen LogP contribution is -2.52. The van der Waals surface area contributed by atoms with Crippen molar-refractivity contribution < 1.29 is 22.7 Å². The third kappa shape index (κ3) is 4.66. The monoisotopic (exact) mass is 382 g/mol. The van der Waals surface area contributed by atoms with E-state index in [9.17, 15) is 22.7 Å². The zero-order valence-corrected chi connectivity index (χ0v) is 14.8. The van der Waals surface area contributed by atoms with E-state index in [-0.39, 0.29) is 30.6 Å². The molecule has 27 heavy (non-hydrogen) atoms. The predicted molar refractivity (Wildman–Crippen MR) is 93.9 cm³/mol. The number of aliphatic hydroxyl groups excluding tert-OH is 1. The van der Waals surface area contributed by atoms with E-state index in [1.54, 1.807) is 18.2 Å². The molecule has 1 unspecified atom stereocenters. The van der Waals surface area contributed by atoms with Crippen molar-refractivity contribution in [3.05, 3.63) is 70.8 Å². The molecule has 0 bridgehead atoms. The Kier molecular flexibility index (Phi) is 6.46. The molecule has 1 heterocycles. The third-order valence-corrected chi connectivity index (χ3v) is 5.00. The Morgan fingerprint density at radius 3 is 2.37 bits per heavy atom. The second kappa shape index (κ2) is 8.82. The number of nitrogens with zero attached hydrogens (tertiary/aromatic N) is 2. The van der Waals surface area contributed by atoms with Gasteiger partial charge in [-0.1, -0.05) is 18.2 Å². The first-order chi connectivity index (χ1) is 13.0. The topological polar surface area (TPSA) is 26.7 Å². The summed E-state index contributed by atoms with van der Waals surface area (Å²) in [6, 6.07) is 8.12. The molecule has 1 fully saturated rings. The predicted octanol–water partition coefficient (Wildman–Crippen LogP) is 3.31. The molecule has 3 nitrogen and oxygen atoms in total. The van der Waals surface area contributed by atoms with E-state index in [1.165, 1.54) is 6.07 Å². The maximum Gasteiger partial charge on any atom is 0.166 e. The summed E-state index contributed by atoms with van der Waals surface area (Å²) in [7, 11) is 0. The van der Waals surface area contributed by atoms with E-state index >= 15 is 0 Å². The van der Waals surface area contributed by atoms with Crippen LogP contribution in [0.1, 0.15) is 17.5 Å². The van der Waals surface area contributed by atoms with Gasteiger partial charge in [-0.15, -0.1) is 0 Å². The minimum Gasteiger partial charge on any atom is -0.396 e. The smallest absolute Gasteiger partial charge is 0.166 e. The molecule has 0 spiro atoms. The van der Waals surface area contributed by atoms with E-state index < -0.39 is 17.5 Å². The van der Waals surface area contributed by atoms with E-state index in [0.717, 1.165) is 12.1 Å². The Morgan fingerprint density at radius 2 is 1.63 bits per heavy atom. The highest BCUT2D eigenvalue weighted by molar-refractivity contribution is 5.21. The first kappa shape index (κ1) is 19.8. The average molecular weight is 382 g/mol. The van der Waals surface area contributed by atoms with Crippen LogP contribution in [-0.2, 0) is 13.1 Å². The third-order valence-electron chi connectivity index (χ3n) is 5.00. The van der Waals surface area contributed by atoms with Crippen LogP contribution in [0.5, 0.6) is 0 Å². The van der Waals surface area contributed by atoms with Gasteiger partial charge in [0.15, 0.2) is 11.6 Å². The molecule has 2 aromatic rings. The van der Waals surface area contributed by atoms with Crippen LogP contribution in [0.15, 0.2) is 36.4 Å². The number of rotatable bonds is 6. The van der Waals surface area contributed by atoms with Crippen molar-refractivity contribution in [3.8, 4) is 0 Å². The molecule has 7 heteroatoms. The molecule has 3 rings (SSSR count). The highest BCUT2D eigenvalue weighted by atomic mass is 19.2. The maximum atomic E-state index is 13.9. The van der Waals surface area contributed by atoms with Crippen LogP contribution in [-0.4, -0.2) is 47.2 Å². The number of benzene rings is 2. The van der Waals surface area contributed by atoms with Gasteiger partial charge in [0.2, 0.25) is 0 Å². The van der Waals surface area contributed by atoms with Crippen molar-refractivity contribution >= 4 is 0 Å². The minimum absolute atomic E-state index is 0.0467. The van der Waals surface area contributed by atoms with Gasteiger partial charge in [-0.05, 0) is 24.6 Å². The van der Waals surface area contributed by atoms with Crippen molar-refractivity contribution in [1.82, 2.24) is 9.80 Å². The zero-order chi connectivity index (χ0) is 19.4. The standard InChI is InChI=1S/C20H22F4N2O/c21-17-4-2-1-3-14(17)11-26-9-8-25(12-15(26)7-10-27)13-16-18(22)5-6-19(23)20(16)24/h1-6,15,27H,7-13H2. The van der Waals surface area contributed by atoms with Crippen LogP contribution in [0.4, 0.5) is 17.6 Å². The van der Waals surface area contributed by atoms with Crippen molar-refractivity contribution in [2.75, 3.05) is 26.2 Å². The van der Waals surface area contributed by atoms with Crippen LogP contribution < -0.4 is 0 Å². The van der Waals surface area contributed by atoms with E-state index in [4.69, 9.17) is 0 Å². The summed E-state index contributed by atoms with van der Waals surface area (Å²) in [4.78, 5) is 3.89. The van der Waals surface area contributed by atoms with Gasteiger partial charge in [0.1, 0.15) is 11.6 Å². The van der Waals surface area contributed by atoms with Gasteiger partial charge >= 0.3 is 0 Å². The summed E-state index contributed by atoms with van der Waals surface area (Å²) in [5.74, 6) is -3.30. The van der Waals surface area contributed by atoms with Gasteiger partial charge in [0.25, 0.3) is 0 Å². The van der Waals surface area contributed by atoms with Crippen LogP contribution in [0, 0.1) is 23.3 Å². The molecule has 2 aromatic carbocycles. The molecule has 1 aliphatic heterocycles. The summed E-state index contributed by atoms with van der Waals surface area (Å²) in [5, 5.41) is 9.37. The molecular formula is C20H22F4N2O. The normalized spacial score (nSPS) is 18.8. The number of hydrogen-bond acceptors (Lipinski definition) is 3. The fourth-order valence-corrected chi connectivity index (χ4v) is 3.51. The zero-order valence-electron chi connectivity index (χ0n) is 14.8. The van der Waals surface area contributed by atoms with E-state index in [0.29, 0.717) is 38.2 Å². The first-order valence-corrected chi connectivity index (χ1v) is 8.92. The summed E-state index contributed by atoms with van der Waals surface area (Å²) < 4.78 is 55.2. The van der Waals surface area contributed by atoms with Gasteiger partial charge in [0.05, 0.1) is 0 Å². The quantitative estimate of drug-likeness (QED) is 0.613. The lowest BCUT2D eigenvalue weighted by molar-refractivity contribution is 0.0481. The molecule has 0 amide bonds. The van der Waals surface area contributed by atoms with Crippen molar-refractivity contribution in [2.24, 2.45) is 0 Å². The lowest BCUT2D eigenvalue weighted by atomic mass is 10.1. The summed E-state index contributed by atoms with van der Waals surface area (Å²) in [5.41, 5.74) is 0.274. The molecule has 0 radical (unpaired) electrons. The summed E-state index contributed by atoms with van der Waals surface area (Å²) in [6.07, 6.45) is 0.457. The van der Waals surface area contributed by atoms with Gasteiger partial charge in [0, 0.05) is 56.5 Å². The molecule has 146 valence electrons. The number of hydrogen-bond donors (Lipinski definition) is 1. The SMILES string of the molecule is OCCC1CN(Cc2c(F)ccc(F)c2F)CCN1Cc1ccccc1F. The Hall–Kier alpha value is -1.96. The van der Waals surface area contributed by atoms with Crippen LogP contribution in [0.2, 0.25) is 0 Å². The van der Waals surface area contributed by atoms with Crippen LogP contribution in [0.3, 0.4) is 0 Å². The Balaban J connectivity index is 1.71. The molecule has 0 aromatic heterocycles. The van der Waals surface area contributed by atoms with Gasteiger partial charge < -0.3 is 5.11 Å². The Labute approximate surface area is 155 Å². The molecule has 1 atom stereocenters. The molecular weight excluding hydrogens is 360 g/mol. The largest absolute Gasteiger partial charge is 0.396 e. The van der Waals surface area contributed by atoms with Crippen molar-refractivity contribution in [2.45, 2.75) is 25.6 Å². The van der Waals surface area contributed by atoms with Crippen molar-refractivity contribution in [1.29, 1.82) is 0 Å². The number of aliphatic hydroxyl groups is 1. The molecule has 0 aliphatic carbocycles. The van der Waals surface area contributed by atoms with Crippen molar-refractivity contribution in [3.63, 3.8) is 0 Å². The average Bonchev–Trinajstić information content (AvgIpc) is 2.66. The summed E-state index contributed by atoms with van der Waals surface area (Å²) in [6.45, 7) is 1.81. The Morgan fingerprint density at radius 1 is 0.889 bits per heavy atom. The lowest BCUT2D eigenvalue weighted by Gasteiger charge is -2.41. The second-order valence-electron chi connectivity index (χ2n) is 6.78. The molecule has 0 saturated carbocycles. The second-order valence-corrected chi connectivity index (χ2v) is 6.78. The highest BCUT2D eigenvalue weighted by Crippen LogP contribution is 2.22. The van der Waals surface area contributed by atoms with Crippen LogP contribution in [0.25, 0.3) is 0 Å². The summed E-state index contributed by atoms with van der Waals surface area (Å²) >= 11 is 0. The van der Waals surface area contributed by atoms with Gasteiger partial charge in [-0.2, -0.15) is 0 Å². The maximum absolute atomic E-state index is 13.9. The molecule has 1 N–H and O–H groups in total. The Bertz CT molecular complexity index is 787. The van der Waals surface area contributed by atoms with E-state index in [1.807, 2.05) is 4.90 Å². The minimum atomic E-state index is -1.16.